The average Bonchev–Trinajstić information content (AvgIpc) is 3.09. The first-order valence-electron chi connectivity index (χ1n) is 7.77. The molecule has 2 aromatic heterocycles. The van der Waals surface area contributed by atoms with Gasteiger partial charge in [0.05, 0.1) is 23.1 Å². The van der Waals surface area contributed by atoms with Crippen LogP contribution in [0.1, 0.15) is 28.7 Å². The van der Waals surface area contributed by atoms with Crippen LogP contribution in [-0.4, -0.2) is 36.0 Å². The van der Waals surface area contributed by atoms with E-state index < -0.39 is 5.97 Å². The van der Waals surface area contributed by atoms with E-state index in [9.17, 15) is 4.79 Å². The van der Waals surface area contributed by atoms with Crippen molar-refractivity contribution in [1.29, 1.82) is 0 Å². The zero-order chi connectivity index (χ0) is 18.7. The third kappa shape index (κ3) is 3.53. The molecule has 2 heterocycles. The van der Waals surface area contributed by atoms with Gasteiger partial charge < -0.3 is 21.3 Å². The number of benzene rings is 1. The third-order valence-electron chi connectivity index (χ3n) is 3.58. The maximum absolute atomic E-state index is 11.1. The van der Waals surface area contributed by atoms with Crippen molar-refractivity contribution in [1.82, 2.24) is 25.0 Å². The Morgan fingerprint density at radius 3 is 2.85 bits per heavy atom. The fraction of sp³-hybridized carbons (Fsp3) is 0.188. The predicted molar refractivity (Wildman–Crippen MR) is 92.9 cm³/mol. The lowest BCUT2D eigenvalue weighted by Crippen LogP contribution is -2.08. The highest BCUT2D eigenvalue weighted by Gasteiger charge is 2.13. The van der Waals surface area contributed by atoms with Crippen molar-refractivity contribution in [3.8, 4) is 11.4 Å². The van der Waals surface area contributed by atoms with Gasteiger partial charge in [0.25, 0.3) is 0 Å². The molecule has 0 aliphatic heterocycles. The predicted octanol–water partition coefficient (Wildman–Crippen LogP) is 1.06. The number of anilines is 2. The number of hydrogen-bond acceptors (Lipinski definition) is 8. The monoisotopic (exact) mass is 355 g/mol. The van der Waals surface area contributed by atoms with Crippen molar-refractivity contribution in [3.05, 3.63) is 47.4 Å². The number of aryl methyl sites for hydroxylation is 1. The summed E-state index contributed by atoms with van der Waals surface area (Å²) < 4.78 is 7.16. The van der Waals surface area contributed by atoms with Gasteiger partial charge in [-0.05, 0) is 24.6 Å². The number of ether oxygens (including phenoxy) is 1. The van der Waals surface area contributed by atoms with Crippen LogP contribution in [0, 0.1) is 0 Å². The van der Waals surface area contributed by atoms with Crippen LogP contribution in [0.2, 0.25) is 0 Å². The molecule has 0 unspecified atom stereocenters. The van der Waals surface area contributed by atoms with Crippen molar-refractivity contribution in [2.24, 2.45) is 0 Å². The lowest BCUT2D eigenvalue weighted by molar-refractivity contribution is 0.0697. The molecule has 0 amide bonds. The molecule has 10 heteroatoms. The van der Waals surface area contributed by atoms with Crippen LogP contribution in [-0.2, 0) is 13.0 Å². The Bertz CT molecular complexity index is 955. The number of nitrogen functional groups attached to an aromatic ring is 2. The molecule has 0 aliphatic carbocycles. The van der Waals surface area contributed by atoms with Crippen molar-refractivity contribution in [3.63, 3.8) is 0 Å². The van der Waals surface area contributed by atoms with Gasteiger partial charge in [0, 0.05) is 0 Å². The Balaban J connectivity index is 1.78. The Morgan fingerprint density at radius 1 is 1.31 bits per heavy atom. The lowest BCUT2D eigenvalue weighted by atomic mass is 10.2. The number of carboxylic acids is 1. The van der Waals surface area contributed by atoms with Crippen LogP contribution in [0.25, 0.3) is 5.69 Å². The highest BCUT2D eigenvalue weighted by Crippen LogP contribution is 2.25. The Hall–Kier alpha value is -3.69. The van der Waals surface area contributed by atoms with Gasteiger partial charge in [-0.25, -0.2) is 14.5 Å². The number of carboxylic acid groups (broad SMARTS) is 1. The van der Waals surface area contributed by atoms with E-state index in [2.05, 4.69) is 20.3 Å². The summed E-state index contributed by atoms with van der Waals surface area (Å²) in [5.74, 6) is -0.391. The van der Waals surface area contributed by atoms with E-state index in [-0.39, 0.29) is 23.9 Å². The molecule has 134 valence electrons. The zero-order valence-electron chi connectivity index (χ0n) is 14.0. The Kier molecular flexibility index (Phi) is 4.65. The summed E-state index contributed by atoms with van der Waals surface area (Å²) in [6.07, 6.45) is 2.22. The van der Waals surface area contributed by atoms with Gasteiger partial charge in [0.1, 0.15) is 12.3 Å². The maximum atomic E-state index is 11.1. The van der Waals surface area contributed by atoms with Crippen LogP contribution in [0.5, 0.6) is 5.75 Å². The van der Waals surface area contributed by atoms with E-state index in [1.165, 1.54) is 16.8 Å². The van der Waals surface area contributed by atoms with E-state index in [4.69, 9.17) is 21.3 Å². The molecule has 0 spiro atoms. The van der Waals surface area contributed by atoms with E-state index in [1.807, 2.05) is 6.92 Å². The summed E-state index contributed by atoms with van der Waals surface area (Å²) in [6.45, 7) is 2.00. The summed E-state index contributed by atoms with van der Waals surface area (Å²) in [6, 6.07) is 6.37. The van der Waals surface area contributed by atoms with E-state index in [1.54, 1.807) is 18.3 Å². The molecule has 26 heavy (non-hydrogen) atoms. The highest BCUT2D eigenvalue weighted by molar-refractivity contribution is 5.88. The number of aromatic carboxylic acids is 1. The van der Waals surface area contributed by atoms with E-state index >= 15 is 0 Å². The molecule has 0 atom stereocenters. The minimum absolute atomic E-state index is 0.0935. The molecule has 3 aromatic rings. The quantitative estimate of drug-likeness (QED) is 0.588. The standard InChI is InChI=1S/C16H17N7O3/c1-2-12-13(14(17)20-16(18)19-12)26-8-10-7-23(22-21-10)11-5-3-4-9(6-11)15(24)25/h3-7H,2,8H2,1H3,(H,24,25)(H4,17,18,19,20). The summed E-state index contributed by atoms with van der Waals surface area (Å²) in [5.41, 5.74) is 13.3. The second-order valence-electron chi connectivity index (χ2n) is 5.40. The first-order valence-corrected chi connectivity index (χ1v) is 7.77. The van der Waals surface area contributed by atoms with Crippen LogP contribution >= 0.6 is 0 Å². The molecule has 0 saturated heterocycles. The van der Waals surface area contributed by atoms with E-state index in [0.29, 0.717) is 29.2 Å². The van der Waals surface area contributed by atoms with Gasteiger partial charge in [0.15, 0.2) is 11.6 Å². The summed E-state index contributed by atoms with van der Waals surface area (Å²) >= 11 is 0. The maximum Gasteiger partial charge on any atom is 0.335 e. The van der Waals surface area contributed by atoms with Gasteiger partial charge in [-0.15, -0.1) is 5.10 Å². The second kappa shape index (κ2) is 7.05. The molecule has 0 radical (unpaired) electrons. The topological polar surface area (TPSA) is 155 Å². The van der Waals surface area contributed by atoms with Crippen LogP contribution in [0.3, 0.4) is 0 Å². The van der Waals surface area contributed by atoms with Gasteiger partial charge in [0.2, 0.25) is 5.95 Å². The van der Waals surface area contributed by atoms with Gasteiger partial charge >= 0.3 is 5.97 Å². The molecule has 5 N–H and O–H groups in total. The summed E-state index contributed by atoms with van der Waals surface area (Å²) in [7, 11) is 0. The number of nitrogens with two attached hydrogens (primary N) is 2. The van der Waals surface area contributed by atoms with Crippen molar-refractivity contribution in [2.75, 3.05) is 11.5 Å². The number of hydrogen-bond donors (Lipinski definition) is 3. The second-order valence-corrected chi connectivity index (χ2v) is 5.40. The zero-order valence-corrected chi connectivity index (χ0v) is 14.0. The first-order chi connectivity index (χ1) is 12.5. The summed E-state index contributed by atoms with van der Waals surface area (Å²) in [4.78, 5) is 19.1. The first kappa shape index (κ1) is 17.1. The number of carbonyl (C=O) groups is 1. The van der Waals surface area contributed by atoms with Gasteiger partial charge in [-0.3, -0.25) is 0 Å². The fourth-order valence-corrected chi connectivity index (χ4v) is 2.35. The van der Waals surface area contributed by atoms with Gasteiger partial charge in [-0.2, -0.15) is 4.98 Å². The van der Waals surface area contributed by atoms with Crippen LogP contribution in [0.4, 0.5) is 11.8 Å². The molecular formula is C16H17N7O3. The number of aromatic nitrogens is 5. The minimum atomic E-state index is -1.01. The third-order valence-corrected chi connectivity index (χ3v) is 3.58. The van der Waals surface area contributed by atoms with E-state index in [0.717, 1.165) is 0 Å². The average molecular weight is 355 g/mol. The lowest BCUT2D eigenvalue weighted by Gasteiger charge is -2.10. The molecular weight excluding hydrogens is 338 g/mol. The Morgan fingerprint density at radius 2 is 2.12 bits per heavy atom. The Labute approximate surface area is 148 Å². The molecule has 0 fully saturated rings. The largest absolute Gasteiger partial charge is 0.481 e. The number of nitrogens with zero attached hydrogens (tertiary/aromatic N) is 5. The smallest absolute Gasteiger partial charge is 0.335 e. The van der Waals surface area contributed by atoms with Crippen molar-refractivity contribution in [2.45, 2.75) is 20.0 Å². The normalized spacial score (nSPS) is 10.7. The van der Waals surface area contributed by atoms with Crippen molar-refractivity contribution < 1.29 is 14.6 Å². The molecule has 1 aromatic carbocycles. The molecule has 0 bridgehead atoms. The molecule has 10 nitrogen and oxygen atoms in total. The molecule has 3 rings (SSSR count). The number of rotatable bonds is 6. The molecule has 0 saturated carbocycles. The highest BCUT2D eigenvalue weighted by atomic mass is 16.5. The fourth-order valence-electron chi connectivity index (χ4n) is 2.35. The van der Waals surface area contributed by atoms with Crippen LogP contribution < -0.4 is 16.2 Å². The van der Waals surface area contributed by atoms with Gasteiger partial charge in [-0.1, -0.05) is 18.2 Å². The SMILES string of the molecule is CCc1nc(N)nc(N)c1OCc1cn(-c2cccc(C(=O)O)c2)nn1. The minimum Gasteiger partial charge on any atom is -0.481 e. The molecule has 0 aliphatic rings. The van der Waals surface area contributed by atoms with Crippen LogP contribution in [0.15, 0.2) is 30.5 Å². The summed E-state index contributed by atoms with van der Waals surface area (Å²) in [5, 5.41) is 17.1. The van der Waals surface area contributed by atoms with Crippen molar-refractivity contribution >= 4 is 17.7 Å².